The van der Waals surface area contributed by atoms with Gasteiger partial charge in [0.05, 0.1) is 11.2 Å². The molecule has 1 heterocycles. The highest BCUT2D eigenvalue weighted by atomic mass is 32.1. The number of aromatic nitrogens is 1. The van der Waals surface area contributed by atoms with Gasteiger partial charge in [-0.15, -0.1) is 11.3 Å². The van der Waals surface area contributed by atoms with Crippen molar-refractivity contribution >= 4 is 17.2 Å². The lowest BCUT2D eigenvalue weighted by molar-refractivity contribution is 0.0956. The number of thiazole rings is 1. The zero-order valence-electron chi connectivity index (χ0n) is 9.53. The molecule has 0 unspecified atom stereocenters. The molecular formula is C11H18N2O2S. The largest absolute Gasteiger partial charge is 0.396 e. The van der Waals surface area contributed by atoms with E-state index in [4.69, 9.17) is 5.11 Å². The molecule has 0 atom stereocenters. The number of nitrogens with zero attached hydrogens (tertiary/aromatic N) is 1. The molecule has 0 aliphatic heterocycles. The van der Waals surface area contributed by atoms with E-state index >= 15 is 0 Å². The lowest BCUT2D eigenvalue weighted by Crippen LogP contribution is -2.23. The summed E-state index contributed by atoms with van der Waals surface area (Å²) in [6.45, 7) is 2.84. The Kier molecular flexibility index (Phi) is 6.03. The van der Waals surface area contributed by atoms with Crippen LogP contribution in [0.4, 0.5) is 0 Å². The van der Waals surface area contributed by atoms with Gasteiger partial charge in [-0.05, 0) is 19.8 Å². The Bertz CT molecular complexity index is 326. The second kappa shape index (κ2) is 7.35. The number of aryl methyl sites for hydroxylation is 1. The van der Waals surface area contributed by atoms with E-state index in [9.17, 15) is 4.79 Å². The SMILES string of the molecule is Cc1ncc(C(=O)NCCCCCCO)s1. The molecule has 0 saturated carbocycles. The van der Waals surface area contributed by atoms with E-state index in [-0.39, 0.29) is 12.5 Å². The lowest BCUT2D eigenvalue weighted by atomic mass is 10.2. The van der Waals surface area contributed by atoms with Gasteiger partial charge < -0.3 is 10.4 Å². The first-order valence-corrected chi connectivity index (χ1v) is 6.37. The Labute approximate surface area is 99.7 Å². The molecule has 4 nitrogen and oxygen atoms in total. The molecule has 1 amide bonds. The number of unbranched alkanes of at least 4 members (excludes halogenated alkanes) is 3. The second-order valence-electron chi connectivity index (χ2n) is 3.64. The van der Waals surface area contributed by atoms with Gasteiger partial charge in [-0.2, -0.15) is 0 Å². The summed E-state index contributed by atoms with van der Waals surface area (Å²) in [4.78, 5) is 16.3. The van der Waals surface area contributed by atoms with Gasteiger partial charge in [0.1, 0.15) is 4.88 Å². The number of carbonyl (C=O) groups excluding carboxylic acids is 1. The number of amides is 1. The van der Waals surface area contributed by atoms with Crippen LogP contribution in [0.1, 0.15) is 40.4 Å². The minimum absolute atomic E-state index is 0.0345. The van der Waals surface area contributed by atoms with Crippen LogP contribution in [0.3, 0.4) is 0 Å². The zero-order chi connectivity index (χ0) is 11.8. The highest BCUT2D eigenvalue weighted by Crippen LogP contribution is 2.10. The average molecular weight is 242 g/mol. The number of hydrogen-bond donors (Lipinski definition) is 2. The van der Waals surface area contributed by atoms with Crippen LogP contribution in [-0.2, 0) is 0 Å². The highest BCUT2D eigenvalue weighted by molar-refractivity contribution is 7.13. The summed E-state index contributed by atoms with van der Waals surface area (Å²) < 4.78 is 0. The van der Waals surface area contributed by atoms with Crippen molar-refractivity contribution in [2.24, 2.45) is 0 Å². The molecule has 5 heteroatoms. The minimum Gasteiger partial charge on any atom is -0.396 e. The van der Waals surface area contributed by atoms with Crippen molar-refractivity contribution in [1.82, 2.24) is 10.3 Å². The van der Waals surface area contributed by atoms with E-state index in [2.05, 4.69) is 10.3 Å². The van der Waals surface area contributed by atoms with Crippen LogP contribution in [0.2, 0.25) is 0 Å². The van der Waals surface area contributed by atoms with Crippen LogP contribution in [0, 0.1) is 6.92 Å². The molecule has 2 N–H and O–H groups in total. The lowest BCUT2D eigenvalue weighted by Gasteiger charge is -2.02. The van der Waals surface area contributed by atoms with E-state index in [0.29, 0.717) is 11.4 Å². The Balaban J connectivity index is 2.11. The molecule has 0 aliphatic carbocycles. The van der Waals surface area contributed by atoms with Crippen molar-refractivity contribution in [3.05, 3.63) is 16.1 Å². The number of nitrogens with one attached hydrogen (secondary N) is 1. The van der Waals surface area contributed by atoms with Crippen LogP contribution >= 0.6 is 11.3 Å². The Morgan fingerprint density at radius 3 is 2.81 bits per heavy atom. The van der Waals surface area contributed by atoms with Gasteiger partial charge in [-0.3, -0.25) is 4.79 Å². The third kappa shape index (κ3) is 4.72. The molecule has 90 valence electrons. The van der Waals surface area contributed by atoms with Gasteiger partial charge in [-0.1, -0.05) is 12.8 Å². The fraction of sp³-hybridized carbons (Fsp3) is 0.636. The van der Waals surface area contributed by atoms with Crippen LogP contribution in [0.25, 0.3) is 0 Å². The van der Waals surface area contributed by atoms with Gasteiger partial charge in [-0.25, -0.2) is 4.98 Å². The summed E-state index contributed by atoms with van der Waals surface area (Å²) >= 11 is 1.41. The maximum absolute atomic E-state index is 11.6. The molecule has 0 bridgehead atoms. The fourth-order valence-electron chi connectivity index (χ4n) is 1.35. The Hall–Kier alpha value is -0.940. The van der Waals surface area contributed by atoms with E-state index in [0.717, 1.165) is 30.7 Å². The normalized spacial score (nSPS) is 10.4. The second-order valence-corrected chi connectivity index (χ2v) is 4.87. The third-order valence-electron chi connectivity index (χ3n) is 2.22. The molecule has 0 radical (unpaired) electrons. The Morgan fingerprint density at radius 2 is 2.19 bits per heavy atom. The predicted octanol–water partition coefficient (Wildman–Crippen LogP) is 1.73. The summed E-state index contributed by atoms with van der Waals surface area (Å²) in [5.41, 5.74) is 0. The zero-order valence-corrected chi connectivity index (χ0v) is 10.3. The van der Waals surface area contributed by atoms with Crippen LogP contribution in [0.5, 0.6) is 0 Å². The van der Waals surface area contributed by atoms with Gasteiger partial charge in [0.25, 0.3) is 5.91 Å². The number of rotatable bonds is 7. The molecule has 0 fully saturated rings. The molecule has 1 rings (SSSR count). The quantitative estimate of drug-likeness (QED) is 0.716. The first-order chi connectivity index (χ1) is 7.74. The standard InChI is InChI=1S/C11H18N2O2S/c1-9-13-8-10(16-9)11(15)12-6-4-2-3-5-7-14/h8,14H,2-7H2,1H3,(H,12,15). The summed E-state index contributed by atoms with van der Waals surface area (Å²) in [7, 11) is 0. The maximum atomic E-state index is 11.6. The van der Waals surface area contributed by atoms with Gasteiger partial charge in [0, 0.05) is 13.2 Å². The number of aliphatic hydroxyl groups excluding tert-OH is 1. The number of carbonyl (C=O) groups is 1. The third-order valence-corrected chi connectivity index (χ3v) is 3.13. The van der Waals surface area contributed by atoms with Crippen molar-refractivity contribution in [3.63, 3.8) is 0 Å². The average Bonchev–Trinajstić information content (AvgIpc) is 2.70. The molecule has 0 saturated heterocycles. The van der Waals surface area contributed by atoms with Crippen molar-refractivity contribution in [1.29, 1.82) is 0 Å². The van der Waals surface area contributed by atoms with Crippen LogP contribution in [0.15, 0.2) is 6.20 Å². The van der Waals surface area contributed by atoms with Crippen molar-refractivity contribution in [2.75, 3.05) is 13.2 Å². The van der Waals surface area contributed by atoms with Crippen molar-refractivity contribution in [3.8, 4) is 0 Å². The predicted molar refractivity (Wildman–Crippen MR) is 64.7 cm³/mol. The molecular weight excluding hydrogens is 224 g/mol. The van der Waals surface area contributed by atoms with E-state index < -0.39 is 0 Å². The monoisotopic (exact) mass is 242 g/mol. The molecule has 0 aromatic carbocycles. The van der Waals surface area contributed by atoms with E-state index in [1.54, 1.807) is 6.20 Å². The molecule has 0 spiro atoms. The first kappa shape index (κ1) is 13.1. The Morgan fingerprint density at radius 1 is 1.44 bits per heavy atom. The van der Waals surface area contributed by atoms with E-state index in [1.165, 1.54) is 11.3 Å². The molecule has 0 aliphatic rings. The molecule has 1 aromatic heterocycles. The van der Waals surface area contributed by atoms with E-state index in [1.807, 2.05) is 6.92 Å². The van der Waals surface area contributed by atoms with Crippen LogP contribution < -0.4 is 5.32 Å². The van der Waals surface area contributed by atoms with Crippen molar-refractivity contribution < 1.29 is 9.90 Å². The van der Waals surface area contributed by atoms with Crippen LogP contribution in [-0.4, -0.2) is 29.1 Å². The van der Waals surface area contributed by atoms with Crippen molar-refractivity contribution in [2.45, 2.75) is 32.6 Å². The number of hydrogen-bond acceptors (Lipinski definition) is 4. The summed E-state index contributed by atoms with van der Waals surface area (Å²) in [5, 5.41) is 12.4. The smallest absolute Gasteiger partial charge is 0.263 e. The fourth-order valence-corrected chi connectivity index (χ4v) is 2.04. The summed E-state index contributed by atoms with van der Waals surface area (Å²) in [6.07, 6.45) is 5.49. The van der Waals surface area contributed by atoms with Gasteiger partial charge in [0.15, 0.2) is 0 Å². The molecule has 16 heavy (non-hydrogen) atoms. The summed E-state index contributed by atoms with van der Waals surface area (Å²) in [5.74, 6) is -0.0345. The number of aliphatic hydroxyl groups is 1. The first-order valence-electron chi connectivity index (χ1n) is 5.55. The minimum atomic E-state index is -0.0345. The van der Waals surface area contributed by atoms with Gasteiger partial charge >= 0.3 is 0 Å². The molecule has 1 aromatic rings. The topological polar surface area (TPSA) is 62.2 Å². The highest BCUT2D eigenvalue weighted by Gasteiger charge is 2.07. The maximum Gasteiger partial charge on any atom is 0.263 e. The van der Waals surface area contributed by atoms with Gasteiger partial charge in [0.2, 0.25) is 0 Å². The summed E-state index contributed by atoms with van der Waals surface area (Å²) in [6, 6.07) is 0.